The first-order chi connectivity index (χ1) is 7.20. The van der Waals surface area contributed by atoms with Gasteiger partial charge < -0.3 is 0 Å². The number of aromatic nitrogens is 5. The maximum absolute atomic E-state index is 8.69. The molecule has 0 radical (unpaired) electrons. The van der Waals surface area contributed by atoms with Crippen molar-refractivity contribution in [1.82, 2.24) is 25.2 Å². The fourth-order valence-corrected chi connectivity index (χ4v) is 2.79. The number of halogens is 1. The smallest absolute Gasteiger partial charge is 0.216 e. The minimum absolute atomic E-state index is 0.222. The molecule has 15 heavy (non-hydrogen) atoms. The van der Waals surface area contributed by atoms with Gasteiger partial charge in [0.15, 0.2) is 9.49 Å². The normalized spacial score (nSPS) is 10.2. The quantitative estimate of drug-likeness (QED) is 0.809. The predicted octanol–water partition coefficient (Wildman–Crippen LogP) is 1.34. The van der Waals surface area contributed by atoms with Crippen molar-refractivity contribution in [1.29, 1.82) is 5.26 Å². The second-order valence-corrected chi connectivity index (χ2v) is 4.97. The molecule has 0 fully saturated rings. The summed E-state index contributed by atoms with van der Waals surface area (Å²) in [5, 5.41) is 20.5. The standard InChI is InChI=1S/C6H3ClN6S2/c1-13-5(10-11-12-13)15-6-9-4(7)3(2-8)14-6/h1H3. The summed E-state index contributed by atoms with van der Waals surface area (Å²) in [6, 6.07) is 1.96. The van der Waals surface area contributed by atoms with E-state index in [4.69, 9.17) is 16.9 Å². The minimum Gasteiger partial charge on any atom is -0.223 e. The SMILES string of the molecule is Cn1nnnc1Sc1nc(Cl)c(C#N)s1. The Hall–Kier alpha value is -1.17. The Labute approximate surface area is 97.9 Å². The van der Waals surface area contributed by atoms with Gasteiger partial charge in [-0.15, -0.1) is 5.10 Å². The summed E-state index contributed by atoms with van der Waals surface area (Å²) in [5.41, 5.74) is 0. The van der Waals surface area contributed by atoms with Gasteiger partial charge >= 0.3 is 0 Å². The van der Waals surface area contributed by atoms with Gasteiger partial charge in [-0.25, -0.2) is 9.67 Å². The first-order valence-electron chi connectivity index (χ1n) is 3.67. The summed E-state index contributed by atoms with van der Waals surface area (Å²) < 4.78 is 2.17. The lowest BCUT2D eigenvalue weighted by atomic mass is 10.6. The Morgan fingerprint density at radius 3 is 2.93 bits per heavy atom. The maximum atomic E-state index is 8.69. The van der Waals surface area contributed by atoms with Crippen molar-refractivity contribution in [2.75, 3.05) is 0 Å². The number of hydrogen-bond acceptors (Lipinski definition) is 7. The Bertz CT molecular complexity index is 526. The van der Waals surface area contributed by atoms with Crippen molar-refractivity contribution in [2.45, 2.75) is 9.50 Å². The molecule has 2 heterocycles. The van der Waals surface area contributed by atoms with E-state index in [9.17, 15) is 0 Å². The van der Waals surface area contributed by atoms with E-state index in [0.29, 0.717) is 14.4 Å². The van der Waals surface area contributed by atoms with Gasteiger partial charge in [0, 0.05) is 7.05 Å². The molecule has 2 rings (SSSR count). The second-order valence-electron chi connectivity index (χ2n) is 2.40. The molecule has 0 amide bonds. The molecule has 0 aliphatic heterocycles. The highest BCUT2D eigenvalue weighted by Gasteiger charge is 2.12. The van der Waals surface area contributed by atoms with Crippen LogP contribution in [0.15, 0.2) is 9.50 Å². The molecule has 0 saturated heterocycles. The lowest BCUT2D eigenvalue weighted by Crippen LogP contribution is -1.92. The summed E-state index contributed by atoms with van der Waals surface area (Å²) in [5.74, 6) is 0. The number of nitriles is 1. The molecular weight excluding hydrogens is 256 g/mol. The molecule has 0 atom stereocenters. The van der Waals surface area contributed by atoms with Gasteiger partial charge in [-0.3, -0.25) is 0 Å². The molecule has 0 aliphatic carbocycles. The van der Waals surface area contributed by atoms with Gasteiger partial charge in [-0.2, -0.15) is 5.26 Å². The molecule has 2 aromatic rings. The molecule has 0 saturated carbocycles. The monoisotopic (exact) mass is 258 g/mol. The first kappa shape index (κ1) is 10.4. The molecule has 0 spiro atoms. The Morgan fingerprint density at radius 1 is 1.60 bits per heavy atom. The number of aryl methyl sites for hydroxylation is 1. The fourth-order valence-electron chi connectivity index (χ4n) is 0.782. The third-order valence-electron chi connectivity index (χ3n) is 1.43. The molecule has 9 heteroatoms. The van der Waals surface area contributed by atoms with Gasteiger partial charge in [-0.1, -0.05) is 22.9 Å². The van der Waals surface area contributed by atoms with Gasteiger partial charge in [0.2, 0.25) is 5.16 Å². The van der Waals surface area contributed by atoms with E-state index in [2.05, 4.69) is 20.5 Å². The zero-order valence-electron chi connectivity index (χ0n) is 7.38. The first-order valence-corrected chi connectivity index (χ1v) is 5.68. The van der Waals surface area contributed by atoms with E-state index in [1.807, 2.05) is 6.07 Å². The molecule has 0 N–H and O–H groups in total. The largest absolute Gasteiger partial charge is 0.223 e. The predicted molar refractivity (Wildman–Crippen MR) is 54.8 cm³/mol. The summed E-state index contributed by atoms with van der Waals surface area (Å²) >= 11 is 8.22. The topological polar surface area (TPSA) is 80.3 Å². The molecule has 0 bridgehead atoms. The van der Waals surface area contributed by atoms with Crippen LogP contribution in [0.25, 0.3) is 0 Å². The third kappa shape index (κ3) is 2.09. The zero-order chi connectivity index (χ0) is 10.8. The number of hydrogen-bond donors (Lipinski definition) is 0. The van der Waals surface area contributed by atoms with E-state index in [-0.39, 0.29) is 5.15 Å². The molecule has 76 valence electrons. The van der Waals surface area contributed by atoms with E-state index >= 15 is 0 Å². The van der Waals surface area contributed by atoms with Crippen molar-refractivity contribution < 1.29 is 0 Å². The van der Waals surface area contributed by atoms with Crippen LogP contribution >= 0.6 is 34.7 Å². The van der Waals surface area contributed by atoms with Crippen molar-refractivity contribution in [2.24, 2.45) is 7.05 Å². The van der Waals surface area contributed by atoms with Gasteiger partial charge in [0.05, 0.1) is 0 Å². The summed E-state index contributed by atoms with van der Waals surface area (Å²) in [6.45, 7) is 0. The van der Waals surface area contributed by atoms with E-state index < -0.39 is 0 Å². The fraction of sp³-hybridized carbons (Fsp3) is 0.167. The van der Waals surface area contributed by atoms with Crippen LogP contribution in [-0.2, 0) is 7.05 Å². The van der Waals surface area contributed by atoms with Crippen molar-refractivity contribution in [3.63, 3.8) is 0 Å². The Balaban J connectivity index is 2.26. The highest BCUT2D eigenvalue weighted by molar-refractivity contribution is 8.00. The van der Waals surface area contributed by atoms with Crippen LogP contribution in [0, 0.1) is 11.3 Å². The summed E-state index contributed by atoms with van der Waals surface area (Å²) in [7, 11) is 1.72. The Morgan fingerprint density at radius 2 is 2.40 bits per heavy atom. The van der Waals surface area contributed by atoms with Crippen molar-refractivity contribution in [3.8, 4) is 6.07 Å². The lowest BCUT2D eigenvalue weighted by molar-refractivity contribution is 0.664. The van der Waals surface area contributed by atoms with Crippen molar-refractivity contribution >= 4 is 34.7 Å². The summed E-state index contributed by atoms with van der Waals surface area (Å²) in [6.07, 6.45) is 0. The second kappa shape index (κ2) is 4.14. The van der Waals surface area contributed by atoms with Gasteiger partial charge in [0.1, 0.15) is 10.9 Å². The molecule has 0 aromatic carbocycles. The van der Waals surface area contributed by atoms with Gasteiger partial charge in [0.25, 0.3) is 0 Å². The number of thiazole rings is 1. The highest BCUT2D eigenvalue weighted by atomic mass is 35.5. The molecule has 2 aromatic heterocycles. The van der Waals surface area contributed by atoms with E-state index in [0.717, 1.165) is 0 Å². The van der Waals surface area contributed by atoms with Crippen LogP contribution in [0.2, 0.25) is 5.15 Å². The average Bonchev–Trinajstić information content (AvgIpc) is 2.75. The molecular formula is C6H3ClN6S2. The van der Waals surface area contributed by atoms with Crippen LogP contribution in [0.5, 0.6) is 0 Å². The van der Waals surface area contributed by atoms with E-state index in [1.165, 1.54) is 27.8 Å². The van der Waals surface area contributed by atoms with E-state index in [1.54, 1.807) is 7.05 Å². The highest BCUT2D eigenvalue weighted by Crippen LogP contribution is 2.32. The van der Waals surface area contributed by atoms with Crippen LogP contribution in [0.4, 0.5) is 0 Å². The van der Waals surface area contributed by atoms with Gasteiger partial charge in [-0.05, 0) is 22.2 Å². The van der Waals surface area contributed by atoms with Crippen LogP contribution in [0.1, 0.15) is 4.88 Å². The number of nitrogens with zero attached hydrogens (tertiary/aromatic N) is 6. The van der Waals surface area contributed by atoms with Crippen molar-refractivity contribution in [3.05, 3.63) is 10.0 Å². The van der Waals surface area contributed by atoms with Crippen LogP contribution in [0.3, 0.4) is 0 Å². The third-order valence-corrected chi connectivity index (χ3v) is 3.86. The Kier molecular flexibility index (Phi) is 2.86. The van der Waals surface area contributed by atoms with Crippen LogP contribution < -0.4 is 0 Å². The molecule has 0 aliphatic rings. The minimum atomic E-state index is 0.222. The molecule has 6 nitrogen and oxygen atoms in total. The number of tetrazole rings is 1. The summed E-state index contributed by atoms with van der Waals surface area (Å²) in [4.78, 5) is 4.41. The maximum Gasteiger partial charge on any atom is 0.216 e. The number of rotatable bonds is 2. The zero-order valence-corrected chi connectivity index (χ0v) is 9.77. The average molecular weight is 259 g/mol. The lowest BCUT2D eigenvalue weighted by Gasteiger charge is -1.92. The molecule has 0 unspecified atom stereocenters. The van der Waals surface area contributed by atoms with Crippen LogP contribution in [-0.4, -0.2) is 25.2 Å².